The van der Waals surface area contributed by atoms with Gasteiger partial charge in [0.2, 0.25) is 11.8 Å². The topological polar surface area (TPSA) is 122 Å². The number of nitrogens with two attached hydrogens (primary N) is 1. The zero-order valence-electron chi connectivity index (χ0n) is 18.7. The minimum absolute atomic E-state index is 0.0335. The molecule has 0 atom stereocenters. The molecule has 7 heteroatoms. The van der Waals surface area contributed by atoms with Gasteiger partial charge in [-0.05, 0) is 62.4 Å². The van der Waals surface area contributed by atoms with Crippen LogP contribution in [0.25, 0.3) is 0 Å². The highest BCUT2D eigenvalue weighted by Gasteiger charge is 2.01. The minimum atomic E-state index is -0.977. The second-order valence-electron chi connectivity index (χ2n) is 7.02. The van der Waals surface area contributed by atoms with Crippen molar-refractivity contribution in [1.29, 1.82) is 0 Å². The number of aryl methyl sites for hydroxylation is 2. The van der Waals surface area contributed by atoms with Crippen molar-refractivity contribution in [3.63, 3.8) is 0 Å². The molecule has 0 aliphatic carbocycles. The summed E-state index contributed by atoms with van der Waals surface area (Å²) in [6.45, 7) is 6.95. The van der Waals surface area contributed by atoms with Crippen LogP contribution in [0.1, 0.15) is 35.3 Å². The predicted molar refractivity (Wildman–Crippen MR) is 129 cm³/mol. The summed E-state index contributed by atoms with van der Waals surface area (Å²) >= 11 is 0. The number of carbonyl (C=O) groups excluding carboxylic acids is 2. The fraction of sp³-hybridized carbons (Fsp3) is 0.160. The van der Waals surface area contributed by atoms with Gasteiger partial charge in [-0.15, -0.1) is 0 Å². The summed E-state index contributed by atoms with van der Waals surface area (Å²) in [4.78, 5) is 31.6. The number of benzene rings is 3. The maximum Gasteiger partial charge on any atom is 0.335 e. The first-order valence-corrected chi connectivity index (χ1v) is 9.84. The SMILES string of the molecule is CC(=O)Nc1ccc(C(=O)O)cc1.CC(=O)Nc1ccc(C)cc1.Cc1ccc(N)cc1. The molecule has 7 nitrogen and oxygen atoms in total. The van der Waals surface area contributed by atoms with Gasteiger partial charge in [-0.2, -0.15) is 0 Å². The summed E-state index contributed by atoms with van der Waals surface area (Å²) in [6.07, 6.45) is 0. The van der Waals surface area contributed by atoms with Crippen molar-refractivity contribution in [2.45, 2.75) is 27.7 Å². The Morgan fingerprint density at radius 2 is 1.00 bits per heavy atom. The Balaban J connectivity index is 0.000000247. The van der Waals surface area contributed by atoms with Crippen LogP contribution in [-0.4, -0.2) is 22.9 Å². The molecule has 0 aliphatic heterocycles. The van der Waals surface area contributed by atoms with Gasteiger partial charge in [-0.3, -0.25) is 9.59 Å². The van der Waals surface area contributed by atoms with Gasteiger partial charge >= 0.3 is 5.97 Å². The van der Waals surface area contributed by atoms with Crippen LogP contribution in [0.4, 0.5) is 17.1 Å². The fourth-order valence-electron chi connectivity index (χ4n) is 2.31. The summed E-state index contributed by atoms with van der Waals surface area (Å²) in [5, 5.41) is 13.8. The Kier molecular flexibility index (Phi) is 10.7. The summed E-state index contributed by atoms with van der Waals surface area (Å²) in [7, 11) is 0. The molecule has 0 fully saturated rings. The normalized spacial score (nSPS) is 9.25. The molecule has 0 aliphatic rings. The molecule has 3 aromatic rings. The Morgan fingerprint density at radius 3 is 1.31 bits per heavy atom. The molecule has 0 radical (unpaired) electrons. The number of rotatable bonds is 3. The van der Waals surface area contributed by atoms with Crippen LogP contribution in [0, 0.1) is 13.8 Å². The van der Waals surface area contributed by atoms with Crippen molar-refractivity contribution in [3.05, 3.63) is 89.5 Å². The minimum Gasteiger partial charge on any atom is -0.478 e. The molecule has 0 unspecified atom stereocenters. The Labute approximate surface area is 188 Å². The number of anilines is 3. The summed E-state index contributed by atoms with van der Waals surface area (Å²) in [5.41, 5.74) is 10.3. The van der Waals surface area contributed by atoms with E-state index in [1.54, 1.807) is 12.1 Å². The van der Waals surface area contributed by atoms with Gasteiger partial charge in [-0.1, -0.05) is 35.4 Å². The molecule has 5 N–H and O–H groups in total. The first-order valence-electron chi connectivity index (χ1n) is 9.84. The van der Waals surface area contributed by atoms with Crippen LogP contribution in [0.3, 0.4) is 0 Å². The quantitative estimate of drug-likeness (QED) is 0.437. The van der Waals surface area contributed by atoms with E-state index in [9.17, 15) is 14.4 Å². The van der Waals surface area contributed by atoms with E-state index in [1.165, 1.54) is 37.1 Å². The molecule has 168 valence electrons. The number of hydrogen-bond acceptors (Lipinski definition) is 4. The lowest BCUT2D eigenvalue weighted by atomic mass is 10.2. The van der Waals surface area contributed by atoms with E-state index < -0.39 is 5.97 Å². The lowest BCUT2D eigenvalue weighted by Crippen LogP contribution is -2.05. The van der Waals surface area contributed by atoms with Crippen LogP contribution >= 0.6 is 0 Å². The Hall–Kier alpha value is -4.13. The van der Waals surface area contributed by atoms with Crippen LogP contribution in [0.15, 0.2) is 72.8 Å². The van der Waals surface area contributed by atoms with Crippen molar-refractivity contribution in [2.24, 2.45) is 0 Å². The van der Waals surface area contributed by atoms with E-state index in [4.69, 9.17) is 10.8 Å². The highest BCUT2D eigenvalue weighted by Crippen LogP contribution is 2.09. The number of hydrogen-bond donors (Lipinski definition) is 4. The number of carbonyl (C=O) groups is 3. The third kappa shape index (κ3) is 11.2. The first-order chi connectivity index (χ1) is 15.1. The van der Waals surface area contributed by atoms with Gasteiger partial charge in [0.25, 0.3) is 0 Å². The van der Waals surface area contributed by atoms with E-state index >= 15 is 0 Å². The average molecular weight is 436 g/mol. The number of amides is 2. The largest absolute Gasteiger partial charge is 0.478 e. The van der Waals surface area contributed by atoms with Crippen LogP contribution in [0.5, 0.6) is 0 Å². The van der Waals surface area contributed by atoms with Crippen LogP contribution in [-0.2, 0) is 9.59 Å². The second kappa shape index (κ2) is 13.2. The molecule has 0 bridgehead atoms. The van der Waals surface area contributed by atoms with Gasteiger partial charge in [0.15, 0.2) is 0 Å². The van der Waals surface area contributed by atoms with Gasteiger partial charge in [0.1, 0.15) is 0 Å². The van der Waals surface area contributed by atoms with Crippen LogP contribution < -0.4 is 16.4 Å². The van der Waals surface area contributed by atoms with Crippen molar-refractivity contribution >= 4 is 34.8 Å². The van der Waals surface area contributed by atoms with Crippen molar-refractivity contribution in [1.82, 2.24) is 0 Å². The Morgan fingerprint density at radius 1 is 0.656 bits per heavy atom. The van der Waals surface area contributed by atoms with Gasteiger partial charge in [0.05, 0.1) is 5.56 Å². The van der Waals surface area contributed by atoms with Gasteiger partial charge < -0.3 is 21.5 Å². The van der Waals surface area contributed by atoms with Crippen molar-refractivity contribution in [2.75, 3.05) is 16.4 Å². The van der Waals surface area contributed by atoms with Gasteiger partial charge in [-0.25, -0.2) is 4.79 Å². The molecule has 0 aromatic heterocycles. The number of carboxylic acid groups (broad SMARTS) is 1. The third-order valence-electron chi connectivity index (χ3n) is 3.90. The maximum absolute atomic E-state index is 10.6. The number of nitrogens with one attached hydrogen (secondary N) is 2. The van der Waals surface area contributed by atoms with E-state index in [2.05, 4.69) is 10.6 Å². The highest BCUT2D eigenvalue weighted by molar-refractivity contribution is 5.91. The average Bonchev–Trinajstić information content (AvgIpc) is 2.72. The molecular weight excluding hydrogens is 406 g/mol. The molecule has 32 heavy (non-hydrogen) atoms. The summed E-state index contributed by atoms with van der Waals surface area (Å²) in [6, 6.07) is 21.5. The molecule has 0 spiro atoms. The maximum atomic E-state index is 10.6. The third-order valence-corrected chi connectivity index (χ3v) is 3.90. The molecule has 2 amide bonds. The fourth-order valence-corrected chi connectivity index (χ4v) is 2.31. The molecule has 0 saturated carbocycles. The monoisotopic (exact) mass is 435 g/mol. The number of aromatic carboxylic acids is 1. The molecule has 0 heterocycles. The second-order valence-corrected chi connectivity index (χ2v) is 7.02. The lowest BCUT2D eigenvalue weighted by Gasteiger charge is -2.01. The number of nitrogen functional groups attached to an aromatic ring is 1. The van der Waals surface area contributed by atoms with Crippen molar-refractivity contribution < 1.29 is 19.5 Å². The van der Waals surface area contributed by atoms with Gasteiger partial charge in [0, 0.05) is 30.9 Å². The first kappa shape index (κ1) is 25.9. The number of carboxylic acids is 1. The summed E-state index contributed by atoms with van der Waals surface area (Å²) in [5.74, 6) is -1.19. The summed E-state index contributed by atoms with van der Waals surface area (Å²) < 4.78 is 0. The van der Waals surface area contributed by atoms with E-state index in [1.807, 2.05) is 62.4 Å². The zero-order chi connectivity index (χ0) is 24.1. The van der Waals surface area contributed by atoms with Crippen molar-refractivity contribution in [3.8, 4) is 0 Å². The van der Waals surface area contributed by atoms with Crippen LogP contribution in [0.2, 0.25) is 0 Å². The van der Waals surface area contributed by atoms with E-state index in [0.717, 1.165) is 11.4 Å². The van der Waals surface area contributed by atoms with E-state index in [0.29, 0.717) is 5.69 Å². The lowest BCUT2D eigenvalue weighted by molar-refractivity contribution is -0.115. The standard InChI is InChI=1S/C9H9NO3.C9H11NO.C7H9N/c1-6(11)10-8-4-2-7(3-5-8)9(12)13;1-7-3-5-9(6-4-7)10-8(2)11;1-6-2-4-7(8)5-3-6/h2-5H,1H3,(H,10,11)(H,12,13);3-6H,1-2H3,(H,10,11);2-5H,8H2,1H3. The molecular formula is C25H29N3O4. The molecule has 0 saturated heterocycles. The Bertz CT molecular complexity index is 992. The zero-order valence-corrected chi connectivity index (χ0v) is 18.7. The highest BCUT2D eigenvalue weighted by atomic mass is 16.4. The predicted octanol–water partition coefficient (Wildman–Crippen LogP) is 4.87. The molecule has 3 aromatic carbocycles. The smallest absolute Gasteiger partial charge is 0.335 e. The van der Waals surface area contributed by atoms with E-state index in [-0.39, 0.29) is 17.4 Å². The molecule has 3 rings (SSSR count).